The first-order valence-corrected chi connectivity index (χ1v) is 6.73. The minimum Gasteiger partial charge on any atom is -0.346 e. The Balaban J connectivity index is 2.33. The maximum absolute atomic E-state index is 5.56. The predicted octanol–water partition coefficient (Wildman–Crippen LogP) is 2.26. The number of hydrogen-bond acceptors (Lipinski definition) is 5. The largest absolute Gasteiger partial charge is 0.346 e. The molecule has 0 saturated heterocycles. The molecular weight excluding hydrogens is 256 g/mol. The Morgan fingerprint density at radius 3 is 2.45 bits per heavy atom. The molecule has 0 spiro atoms. The maximum atomic E-state index is 5.56. The first-order chi connectivity index (χ1) is 9.65. The number of aromatic nitrogens is 4. The van der Waals surface area contributed by atoms with Crippen LogP contribution >= 0.6 is 0 Å². The molecule has 0 aliphatic rings. The zero-order chi connectivity index (χ0) is 14.5. The van der Waals surface area contributed by atoms with Crippen LogP contribution in [-0.2, 0) is 16.5 Å². The normalized spacial score (nSPS) is 11.2. The van der Waals surface area contributed by atoms with E-state index in [2.05, 4.69) is 15.1 Å². The van der Waals surface area contributed by atoms with Crippen LogP contribution in [0.5, 0.6) is 0 Å². The third kappa shape index (κ3) is 3.20. The fourth-order valence-corrected chi connectivity index (χ4v) is 1.88. The number of hydrogen-bond donors (Lipinski definition) is 0. The molecule has 0 unspecified atom stereocenters. The maximum Gasteiger partial charge on any atom is 0.218 e. The molecule has 0 bridgehead atoms. The molecule has 2 rings (SSSR count). The van der Waals surface area contributed by atoms with Gasteiger partial charge >= 0.3 is 0 Å². The van der Waals surface area contributed by atoms with Crippen molar-refractivity contribution in [2.75, 3.05) is 13.2 Å². The third-order valence-corrected chi connectivity index (χ3v) is 2.76. The average molecular weight is 276 g/mol. The summed E-state index contributed by atoms with van der Waals surface area (Å²) in [7, 11) is 1.83. The highest BCUT2D eigenvalue weighted by molar-refractivity contribution is 5.48. The zero-order valence-electron chi connectivity index (χ0n) is 12.3. The van der Waals surface area contributed by atoms with Crippen molar-refractivity contribution in [2.24, 2.45) is 7.05 Å². The smallest absolute Gasteiger partial charge is 0.218 e. The van der Waals surface area contributed by atoms with Gasteiger partial charge in [0.1, 0.15) is 5.69 Å². The van der Waals surface area contributed by atoms with Crippen LogP contribution in [0.3, 0.4) is 0 Å². The van der Waals surface area contributed by atoms with Crippen molar-refractivity contribution >= 4 is 0 Å². The van der Waals surface area contributed by atoms with E-state index < -0.39 is 6.29 Å². The Labute approximate surface area is 118 Å². The molecule has 20 heavy (non-hydrogen) atoms. The first kappa shape index (κ1) is 14.6. The fraction of sp³-hybridized carbons (Fsp3) is 0.500. The summed E-state index contributed by atoms with van der Waals surface area (Å²) in [6.45, 7) is 6.89. The van der Waals surface area contributed by atoms with Crippen LogP contribution < -0.4 is 0 Å². The molecule has 2 aromatic heterocycles. The molecule has 6 heteroatoms. The van der Waals surface area contributed by atoms with Gasteiger partial charge < -0.3 is 9.47 Å². The fourth-order valence-electron chi connectivity index (χ4n) is 1.88. The molecule has 0 N–H and O–H groups in total. The second-order valence-corrected chi connectivity index (χ2v) is 4.32. The molecule has 0 atom stereocenters. The SMILES string of the molecule is CCOC(OCC)c1nc(-c2cccc(C)n2)nn1C. The second-order valence-electron chi connectivity index (χ2n) is 4.32. The van der Waals surface area contributed by atoms with E-state index >= 15 is 0 Å². The average Bonchev–Trinajstić information content (AvgIpc) is 2.81. The van der Waals surface area contributed by atoms with Gasteiger partial charge in [0.2, 0.25) is 6.29 Å². The molecule has 0 aliphatic heterocycles. The van der Waals surface area contributed by atoms with Crippen molar-refractivity contribution < 1.29 is 9.47 Å². The molecule has 2 aromatic rings. The summed E-state index contributed by atoms with van der Waals surface area (Å²) in [5.41, 5.74) is 1.68. The lowest BCUT2D eigenvalue weighted by molar-refractivity contribution is -0.146. The van der Waals surface area contributed by atoms with Crippen LogP contribution in [0.25, 0.3) is 11.5 Å². The molecule has 0 saturated carbocycles. The van der Waals surface area contributed by atoms with Crippen LogP contribution in [0.4, 0.5) is 0 Å². The van der Waals surface area contributed by atoms with Gasteiger partial charge in [-0.2, -0.15) is 0 Å². The second kappa shape index (κ2) is 6.58. The lowest BCUT2D eigenvalue weighted by Gasteiger charge is -2.15. The first-order valence-electron chi connectivity index (χ1n) is 6.73. The number of rotatable bonds is 6. The van der Waals surface area contributed by atoms with Crippen molar-refractivity contribution in [1.29, 1.82) is 0 Å². The topological polar surface area (TPSA) is 62.1 Å². The lowest BCUT2D eigenvalue weighted by Crippen LogP contribution is -2.14. The van der Waals surface area contributed by atoms with Gasteiger partial charge in [0.25, 0.3) is 0 Å². The minimum atomic E-state index is -0.499. The van der Waals surface area contributed by atoms with Crippen molar-refractivity contribution in [3.05, 3.63) is 29.7 Å². The van der Waals surface area contributed by atoms with Crippen molar-refractivity contribution in [2.45, 2.75) is 27.1 Å². The molecule has 0 radical (unpaired) electrons. The Morgan fingerprint density at radius 2 is 1.85 bits per heavy atom. The highest BCUT2D eigenvalue weighted by Crippen LogP contribution is 2.20. The number of aryl methyl sites for hydroxylation is 2. The molecule has 2 heterocycles. The van der Waals surface area contributed by atoms with Crippen LogP contribution in [-0.4, -0.2) is 33.0 Å². The third-order valence-electron chi connectivity index (χ3n) is 2.76. The Hall–Kier alpha value is -1.79. The molecule has 6 nitrogen and oxygen atoms in total. The predicted molar refractivity (Wildman–Crippen MR) is 75.0 cm³/mol. The van der Waals surface area contributed by atoms with Gasteiger partial charge in [-0.3, -0.25) is 0 Å². The van der Waals surface area contributed by atoms with Crippen molar-refractivity contribution in [1.82, 2.24) is 19.7 Å². The van der Waals surface area contributed by atoms with Crippen LogP contribution in [0, 0.1) is 6.92 Å². The van der Waals surface area contributed by atoms with Gasteiger partial charge in [-0.25, -0.2) is 14.6 Å². The van der Waals surface area contributed by atoms with Crippen molar-refractivity contribution in [3.63, 3.8) is 0 Å². The van der Waals surface area contributed by atoms with Crippen molar-refractivity contribution in [3.8, 4) is 11.5 Å². The van der Waals surface area contributed by atoms with E-state index in [4.69, 9.17) is 9.47 Å². The Bertz CT molecular complexity index is 562. The molecule has 0 amide bonds. The highest BCUT2D eigenvalue weighted by atomic mass is 16.7. The molecule has 0 aliphatic carbocycles. The number of pyridine rings is 1. The van der Waals surface area contributed by atoms with Gasteiger partial charge in [-0.15, -0.1) is 5.10 Å². The van der Waals surface area contributed by atoms with Crippen LogP contribution in [0.2, 0.25) is 0 Å². The van der Waals surface area contributed by atoms with Gasteiger partial charge in [-0.1, -0.05) is 6.07 Å². The van der Waals surface area contributed by atoms with E-state index in [9.17, 15) is 0 Å². The summed E-state index contributed by atoms with van der Waals surface area (Å²) in [6.07, 6.45) is -0.499. The summed E-state index contributed by atoms with van der Waals surface area (Å²) in [4.78, 5) is 8.93. The zero-order valence-corrected chi connectivity index (χ0v) is 12.3. The van der Waals surface area contributed by atoms with Crippen LogP contribution in [0.1, 0.15) is 31.7 Å². The van der Waals surface area contributed by atoms with Gasteiger partial charge in [0.05, 0.1) is 0 Å². The Morgan fingerprint density at radius 1 is 1.15 bits per heavy atom. The van der Waals surface area contributed by atoms with Crippen LogP contribution in [0.15, 0.2) is 18.2 Å². The standard InChI is InChI=1S/C14H20N4O2/c1-5-19-14(20-6-2)13-16-12(17-18(13)4)11-9-7-8-10(3)15-11/h7-9,14H,5-6H2,1-4H3. The van der Waals surface area contributed by atoms with E-state index in [1.54, 1.807) is 4.68 Å². The summed E-state index contributed by atoms with van der Waals surface area (Å²) >= 11 is 0. The van der Waals surface area contributed by atoms with E-state index in [0.29, 0.717) is 24.9 Å². The molecular formula is C14H20N4O2. The molecule has 0 fully saturated rings. The van der Waals surface area contributed by atoms with E-state index in [1.807, 2.05) is 46.0 Å². The summed E-state index contributed by atoms with van der Waals surface area (Å²) in [5, 5.41) is 4.39. The van der Waals surface area contributed by atoms with E-state index in [0.717, 1.165) is 11.4 Å². The monoisotopic (exact) mass is 276 g/mol. The lowest BCUT2D eigenvalue weighted by atomic mass is 10.3. The Kier molecular flexibility index (Phi) is 4.81. The quantitative estimate of drug-likeness (QED) is 0.757. The minimum absolute atomic E-state index is 0.499. The molecule has 108 valence electrons. The van der Waals surface area contributed by atoms with E-state index in [1.165, 1.54) is 0 Å². The number of nitrogens with zero attached hydrogens (tertiary/aromatic N) is 4. The summed E-state index contributed by atoms with van der Waals surface area (Å²) < 4.78 is 12.8. The van der Waals surface area contributed by atoms with Gasteiger partial charge in [-0.05, 0) is 32.9 Å². The summed E-state index contributed by atoms with van der Waals surface area (Å²) in [5.74, 6) is 1.22. The number of ether oxygens (including phenoxy) is 2. The summed E-state index contributed by atoms with van der Waals surface area (Å²) in [6, 6.07) is 5.77. The van der Waals surface area contributed by atoms with Gasteiger partial charge in [0, 0.05) is 26.0 Å². The van der Waals surface area contributed by atoms with E-state index in [-0.39, 0.29) is 0 Å². The van der Waals surface area contributed by atoms with Gasteiger partial charge in [0.15, 0.2) is 11.6 Å². The molecule has 0 aromatic carbocycles. The highest BCUT2D eigenvalue weighted by Gasteiger charge is 2.20.